The second-order valence-corrected chi connectivity index (χ2v) is 3.76. The Kier molecular flexibility index (Phi) is 3.20. The lowest BCUT2D eigenvalue weighted by Crippen LogP contribution is -2.05. The van der Waals surface area contributed by atoms with Crippen molar-refractivity contribution in [3.63, 3.8) is 0 Å². The molecule has 0 saturated carbocycles. The van der Waals surface area contributed by atoms with Crippen LogP contribution in [0.5, 0.6) is 0 Å². The second kappa shape index (κ2) is 4.68. The van der Waals surface area contributed by atoms with Crippen LogP contribution in [0.25, 0.3) is 11.1 Å². The van der Waals surface area contributed by atoms with E-state index in [2.05, 4.69) is 4.98 Å². The quantitative estimate of drug-likeness (QED) is 0.616. The van der Waals surface area contributed by atoms with Gasteiger partial charge in [-0.2, -0.15) is 13.2 Å². The van der Waals surface area contributed by atoms with Crippen molar-refractivity contribution in [1.29, 1.82) is 0 Å². The van der Waals surface area contributed by atoms with Gasteiger partial charge >= 0.3 is 6.18 Å². The molecular formula is C12H7F3N2O2. The third-order valence-electron chi connectivity index (χ3n) is 2.48. The summed E-state index contributed by atoms with van der Waals surface area (Å²) in [6.07, 6.45) is -2.46. The molecule has 4 nitrogen and oxygen atoms in total. The van der Waals surface area contributed by atoms with Crippen LogP contribution in [0.1, 0.15) is 5.56 Å². The van der Waals surface area contributed by atoms with Crippen LogP contribution in [-0.2, 0) is 6.18 Å². The molecule has 1 aromatic heterocycles. The Bertz CT molecular complexity index is 609. The number of nitro groups is 1. The first-order chi connectivity index (χ1) is 8.88. The fourth-order valence-electron chi connectivity index (χ4n) is 1.53. The zero-order valence-electron chi connectivity index (χ0n) is 9.39. The molecule has 0 saturated heterocycles. The summed E-state index contributed by atoms with van der Waals surface area (Å²) < 4.78 is 37.6. The summed E-state index contributed by atoms with van der Waals surface area (Å²) in [5, 5.41) is 10.5. The van der Waals surface area contributed by atoms with Crippen LogP contribution in [0.4, 0.5) is 18.9 Å². The number of alkyl halides is 3. The maximum atomic E-state index is 12.5. The van der Waals surface area contributed by atoms with Gasteiger partial charge in [-0.3, -0.25) is 15.1 Å². The number of benzene rings is 1. The monoisotopic (exact) mass is 268 g/mol. The van der Waals surface area contributed by atoms with Gasteiger partial charge in [-0.15, -0.1) is 0 Å². The molecule has 0 spiro atoms. The van der Waals surface area contributed by atoms with Crippen molar-refractivity contribution in [3.8, 4) is 11.1 Å². The summed E-state index contributed by atoms with van der Waals surface area (Å²) >= 11 is 0. The highest BCUT2D eigenvalue weighted by Crippen LogP contribution is 2.31. The van der Waals surface area contributed by atoms with Crippen molar-refractivity contribution in [2.24, 2.45) is 0 Å². The molecule has 19 heavy (non-hydrogen) atoms. The lowest BCUT2D eigenvalue weighted by molar-refractivity contribution is -0.384. The number of pyridine rings is 1. The van der Waals surface area contributed by atoms with Gasteiger partial charge in [0.15, 0.2) is 0 Å². The minimum absolute atomic E-state index is 0.122. The van der Waals surface area contributed by atoms with Crippen LogP contribution >= 0.6 is 0 Å². The number of aromatic nitrogens is 1. The number of rotatable bonds is 2. The summed E-state index contributed by atoms with van der Waals surface area (Å²) in [6.45, 7) is 0. The molecule has 0 aliphatic rings. The average Bonchev–Trinajstić information content (AvgIpc) is 2.38. The number of halogens is 3. The highest BCUT2D eigenvalue weighted by atomic mass is 19.4. The van der Waals surface area contributed by atoms with Gasteiger partial charge in [-0.25, -0.2) is 0 Å². The minimum atomic E-state index is -4.47. The van der Waals surface area contributed by atoms with Crippen molar-refractivity contribution in [3.05, 3.63) is 58.4 Å². The van der Waals surface area contributed by atoms with Gasteiger partial charge in [0.1, 0.15) is 0 Å². The summed E-state index contributed by atoms with van der Waals surface area (Å²) in [4.78, 5) is 13.4. The Morgan fingerprint density at radius 2 is 1.68 bits per heavy atom. The molecule has 0 amide bonds. The molecule has 98 valence electrons. The molecule has 1 heterocycles. The topological polar surface area (TPSA) is 56.0 Å². The van der Waals surface area contributed by atoms with Gasteiger partial charge < -0.3 is 0 Å². The van der Waals surface area contributed by atoms with Crippen LogP contribution in [-0.4, -0.2) is 9.91 Å². The smallest absolute Gasteiger partial charge is 0.263 e. The van der Waals surface area contributed by atoms with Crippen LogP contribution in [0, 0.1) is 10.1 Å². The maximum Gasteiger partial charge on any atom is 0.417 e. The van der Waals surface area contributed by atoms with E-state index in [0.29, 0.717) is 5.56 Å². The lowest BCUT2D eigenvalue weighted by atomic mass is 10.1. The molecule has 0 fully saturated rings. The van der Waals surface area contributed by atoms with Gasteiger partial charge in [0, 0.05) is 30.1 Å². The van der Waals surface area contributed by atoms with E-state index in [9.17, 15) is 23.3 Å². The van der Waals surface area contributed by atoms with Crippen molar-refractivity contribution in [1.82, 2.24) is 4.98 Å². The van der Waals surface area contributed by atoms with Crippen LogP contribution in [0.2, 0.25) is 0 Å². The molecule has 1 aromatic carbocycles. The fourth-order valence-corrected chi connectivity index (χ4v) is 1.53. The van der Waals surface area contributed by atoms with Crippen molar-refractivity contribution in [2.45, 2.75) is 6.18 Å². The molecule has 0 unspecified atom stereocenters. The number of nitrogens with zero attached hydrogens (tertiary/aromatic N) is 2. The molecule has 0 aliphatic carbocycles. The third kappa shape index (κ3) is 2.87. The highest BCUT2D eigenvalue weighted by molar-refractivity contribution is 5.64. The molecule has 0 N–H and O–H groups in total. The predicted octanol–water partition coefficient (Wildman–Crippen LogP) is 3.68. The van der Waals surface area contributed by atoms with E-state index in [-0.39, 0.29) is 11.3 Å². The lowest BCUT2D eigenvalue weighted by Gasteiger charge is -2.08. The van der Waals surface area contributed by atoms with Gasteiger partial charge in [0.2, 0.25) is 0 Å². The van der Waals surface area contributed by atoms with Crippen molar-refractivity contribution >= 4 is 5.69 Å². The standard InChI is InChI=1S/C12H7F3N2O2/c13-12(14,15)10-5-9(6-16-7-10)8-1-3-11(4-2-8)17(18)19/h1-7H. The van der Waals surface area contributed by atoms with E-state index in [4.69, 9.17) is 0 Å². The molecule has 0 atom stereocenters. The third-order valence-corrected chi connectivity index (χ3v) is 2.48. The summed E-state index contributed by atoms with van der Waals surface area (Å²) in [6, 6.07) is 6.18. The number of non-ortho nitro benzene ring substituents is 1. The van der Waals surface area contributed by atoms with Gasteiger partial charge in [0.25, 0.3) is 5.69 Å². The predicted molar refractivity (Wildman–Crippen MR) is 61.3 cm³/mol. The normalized spacial score (nSPS) is 11.3. The molecule has 0 aliphatic heterocycles. The Labute approximate surface area is 105 Å². The largest absolute Gasteiger partial charge is 0.417 e. The Morgan fingerprint density at radius 3 is 2.21 bits per heavy atom. The first-order valence-electron chi connectivity index (χ1n) is 5.15. The van der Waals surface area contributed by atoms with Gasteiger partial charge in [-0.1, -0.05) is 0 Å². The van der Waals surface area contributed by atoms with Crippen LogP contribution in [0.3, 0.4) is 0 Å². The summed E-state index contributed by atoms with van der Waals surface area (Å²) in [5.74, 6) is 0. The maximum absolute atomic E-state index is 12.5. The van der Waals surface area contributed by atoms with Gasteiger partial charge in [0.05, 0.1) is 10.5 Å². The fraction of sp³-hybridized carbons (Fsp3) is 0.0833. The number of nitro benzene ring substituents is 1. The molecular weight excluding hydrogens is 261 g/mol. The molecule has 0 radical (unpaired) electrons. The van der Waals surface area contributed by atoms with Gasteiger partial charge in [-0.05, 0) is 23.8 Å². The van der Waals surface area contributed by atoms with Crippen LogP contribution < -0.4 is 0 Å². The average molecular weight is 268 g/mol. The second-order valence-electron chi connectivity index (χ2n) is 3.76. The van der Waals surface area contributed by atoms with Crippen molar-refractivity contribution < 1.29 is 18.1 Å². The Morgan fingerprint density at radius 1 is 1.05 bits per heavy atom. The van der Waals surface area contributed by atoms with E-state index in [1.807, 2.05) is 0 Å². The molecule has 0 bridgehead atoms. The number of hydrogen-bond acceptors (Lipinski definition) is 3. The first-order valence-corrected chi connectivity index (χ1v) is 5.15. The van der Waals surface area contributed by atoms with Crippen LogP contribution in [0.15, 0.2) is 42.7 Å². The van der Waals surface area contributed by atoms with E-state index < -0.39 is 16.7 Å². The van der Waals surface area contributed by atoms with E-state index >= 15 is 0 Å². The van der Waals surface area contributed by atoms with E-state index in [0.717, 1.165) is 12.3 Å². The molecule has 7 heteroatoms. The highest BCUT2D eigenvalue weighted by Gasteiger charge is 2.31. The SMILES string of the molecule is O=[N+]([O-])c1ccc(-c2cncc(C(F)(F)F)c2)cc1. The Hall–Kier alpha value is -2.44. The zero-order valence-corrected chi connectivity index (χ0v) is 9.39. The molecule has 2 rings (SSSR count). The van der Waals surface area contributed by atoms with E-state index in [1.54, 1.807) is 0 Å². The summed E-state index contributed by atoms with van der Waals surface area (Å²) in [7, 11) is 0. The zero-order chi connectivity index (χ0) is 14.0. The Balaban J connectivity index is 2.39. The first kappa shape index (κ1) is 13.0. The molecule has 2 aromatic rings. The minimum Gasteiger partial charge on any atom is -0.263 e. The van der Waals surface area contributed by atoms with E-state index in [1.165, 1.54) is 30.5 Å². The summed E-state index contributed by atoms with van der Waals surface area (Å²) in [5.41, 5.74) is -0.291. The van der Waals surface area contributed by atoms with Crippen molar-refractivity contribution in [2.75, 3.05) is 0 Å². The number of hydrogen-bond donors (Lipinski definition) is 0.